The molecule has 7 heteroatoms. The third kappa shape index (κ3) is 9.71. The van der Waals surface area contributed by atoms with Crippen LogP contribution in [-0.2, 0) is 14.3 Å². The highest BCUT2D eigenvalue weighted by molar-refractivity contribution is 5.70. The van der Waals surface area contributed by atoms with Gasteiger partial charge in [-0.05, 0) is 73.8 Å². The van der Waals surface area contributed by atoms with Crippen LogP contribution in [-0.4, -0.2) is 45.6 Å². The number of carboxylic acid groups (broad SMARTS) is 1. The normalized spacial score (nSPS) is 37.8. The molecular formula is C29H45NO6. The smallest absolute Gasteiger partial charge is 0.309 e. The highest BCUT2D eigenvalue weighted by atomic mass is 16.5. The Kier molecular flexibility index (Phi) is 12.1. The summed E-state index contributed by atoms with van der Waals surface area (Å²) < 4.78 is 5.82. The Morgan fingerprint density at radius 3 is 2.22 bits per heavy atom. The first-order valence-electron chi connectivity index (χ1n) is 13.5. The zero-order valence-corrected chi connectivity index (χ0v) is 22.3. The minimum atomic E-state index is -0.871. The van der Waals surface area contributed by atoms with Crippen molar-refractivity contribution in [2.24, 2.45) is 35.5 Å². The number of ether oxygens (including phenoxy) is 1. The fourth-order valence-electron chi connectivity index (χ4n) is 6.14. The van der Waals surface area contributed by atoms with Gasteiger partial charge in [-0.15, -0.1) is 0 Å². The lowest BCUT2D eigenvalue weighted by atomic mass is 9.82. The highest BCUT2D eigenvalue weighted by Gasteiger charge is 2.36. The number of hydrogen-bond acceptors (Lipinski definition) is 6. The summed E-state index contributed by atoms with van der Waals surface area (Å²) in [5.74, 6) is -0.890. The Hall–Kier alpha value is -2.17. The van der Waals surface area contributed by atoms with Gasteiger partial charge in [0.05, 0.1) is 24.7 Å². The van der Waals surface area contributed by atoms with Gasteiger partial charge in [-0.1, -0.05) is 40.2 Å². The van der Waals surface area contributed by atoms with Crippen LogP contribution < -0.4 is 0 Å². The zero-order chi connectivity index (χ0) is 26.8. The molecule has 0 aromatic carbocycles. The van der Waals surface area contributed by atoms with Crippen LogP contribution in [0.3, 0.4) is 0 Å². The van der Waals surface area contributed by atoms with Gasteiger partial charge in [0.25, 0.3) is 0 Å². The summed E-state index contributed by atoms with van der Waals surface area (Å²) in [6.45, 7) is 8.29. The van der Waals surface area contributed by atoms with Gasteiger partial charge < -0.3 is 20.1 Å². The van der Waals surface area contributed by atoms with E-state index in [0.29, 0.717) is 17.4 Å². The molecule has 0 spiro atoms. The lowest BCUT2D eigenvalue weighted by molar-refractivity contribution is -0.153. The topological polar surface area (TPSA) is 128 Å². The Balaban J connectivity index is 2.31. The van der Waals surface area contributed by atoms with Crippen LogP contribution >= 0.6 is 0 Å². The van der Waals surface area contributed by atoms with E-state index >= 15 is 0 Å². The third-order valence-electron chi connectivity index (χ3n) is 8.06. The number of allylic oxidation sites excluding steroid dienone is 2. The Morgan fingerprint density at radius 2 is 1.64 bits per heavy atom. The van der Waals surface area contributed by atoms with E-state index in [9.17, 15) is 30.2 Å². The van der Waals surface area contributed by atoms with Crippen molar-refractivity contribution in [2.75, 3.05) is 0 Å². The molecule has 9 atom stereocenters. The fourth-order valence-corrected chi connectivity index (χ4v) is 6.14. The van der Waals surface area contributed by atoms with Gasteiger partial charge in [-0.3, -0.25) is 9.59 Å². The van der Waals surface area contributed by atoms with Crippen molar-refractivity contribution in [2.45, 2.75) is 104 Å². The van der Waals surface area contributed by atoms with E-state index in [-0.39, 0.29) is 42.9 Å². The van der Waals surface area contributed by atoms with Crippen LogP contribution in [0.5, 0.6) is 0 Å². The van der Waals surface area contributed by atoms with E-state index in [1.807, 2.05) is 13.8 Å². The quantitative estimate of drug-likeness (QED) is 0.461. The molecule has 1 aliphatic carbocycles. The third-order valence-corrected chi connectivity index (χ3v) is 8.06. The summed E-state index contributed by atoms with van der Waals surface area (Å²) in [6, 6.07) is 2.16. The number of rotatable bonds is 3. The summed E-state index contributed by atoms with van der Waals surface area (Å²) in [6.07, 6.45) is 8.08. The van der Waals surface area contributed by atoms with Crippen molar-refractivity contribution in [1.29, 1.82) is 5.26 Å². The molecule has 3 N–H and O–H groups in total. The number of aliphatic hydroxyl groups excluding tert-OH is 2. The van der Waals surface area contributed by atoms with E-state index in [2.05, 4.69) is 19.9 Å². The van der Waals surface area contributed by atoms with E-state index in [4.69, 9.17) is 4.74 Å². The lowest BCUT2D eigenvalue weighted by Crippen LogP contribution is -2.31. The van der Waals surface area contributed by atoms with E-state index < -0.39 is 30.3 Å². The zero-order valence-electron chi connectivity index (χ0n) is 22.3. The van der Waals surface area contributed by atoms with Crippen LogP contribution in [0.15, 0.2) is 23.8 Å². The molecule has 1 saturated carbocycles. The van der Waals surface area contributed by atoms with Crippen molar-refractivity contribution in [1.82, 2.24) is 0 Å². The molecular weight excluding hydrogens is 458 g/mol. The van der Waals surface area contributed by atoms with E-state index in [0.717, 1.165) is 38.5 Å². The molecule has 0 aromatic rings. The Morgan fingerprint density at radius 1 is 1.03 bits per heavy atom. The lowest BCUT2D eigenvalue weighted by Gasteiger charge is -2.28. The number of aliphatic carboxylic acids is 1. The highest BCUT2D eigenvalue weighted by Crippen LogP contribution is 2.38. The molecule has 1 heterocycles. The summed E-state index contributed by atoms with van der Waals surface area (Å²) in [5.41, 5.74) is 0.440. The average molecular weight is 504 g/mol. The largest absolute Gasteiger partial charge is 0.481 e. The van der Waals surface area contributed by atoms with Gasteiger partial charge in [0.2, 0.25) is 0 Å². The number of nitrogens with zero attached hydrogens (tertiary/aromatic N) is 1. The summed E-state index contributed by atoms with van der Waals surface area (Å²) in [5, 5.41) is 40.4. The molecule has 0 bridgehead atoms. The molecule has 36 heavy (non-hydrogen) atoms. The van der Waals surface area contributed by atoms with Crippen molar-refractivity contribution in [3.05, 3.63) is 23.8 Å². The first-order valence-corrected chi connectivity index (χ1v) is 13.5. The summed E-state index contributed by atoms with van der Waals surface area (Å²) in [7, 11) is 0. The molecule has 2 aliphatic rings. The van der Waals surface area contributed by atoms with Crippen molar-refractivity contribution in [3.63, 3.8) is 0 Å². The molecule has 0 saturated heterocycles. The maximum absolute atomic E-state index is 12.8. The molecule has 1 fully saturated rings. The number of cyclic esters (lactones) is 1. The second kappa shape index (κ2) is 14.5. The van der Waals surface area contributed by atoms with Crippen molar-refractivity contribution >= 4 is 11.9 Å². The molecule has 7 nitrogen and oxygen atoms in total. The maximum atomic E-state index is 12.8. The monoisotopic (exact) mass is 503 g/mol. The molecule has 2 rings (SSSR count). The second-order valence-electron chi connectivity index (χ2n) is 11.5. The Bertz CT molecular complexity index is 830. The minimum Gasteiger partial charge on any atom is -0.481 e. The van der Waals surface area contributed by atoms with Gasteiger partial charge >= 0.3 is 11.9 Å². The maximum Gasteiger partial charge on any atom is 0.309 e. The van der Waals surface area contributed by atoms with Crippen LogP contribution in [0.25, 0.3) is 0 Å². The number of hydrogen-bond donors (Lipinski definition) is 3. The number of carbonyl (C=O) groups excluding carboxylic acids is 1. The molecule has 0 amide bonds. The number of esters is 1. The summed E-state index contributed by atoms with van der Waals surface area (Å²) >= 11 is 0. The van der Waals surface area contributed by atoms with Crippen molar-refractivity contribution < 1.29 is 29.6 Å². The second-order valence-corrected chi connectivity index (χ2v) is 11.5. The fraction of sp³-hybridized carbons (Fsp3) is 0.759. The predicted molar refractivity (Wildman–Crippen MR) is 138 cm³/mol. The van der Waals surface area contributed by atoms with Gasteiger partial charge in [0.1, 0.15) is 6.10 Å². The molecule has 1 aliphatic heterocycles. The predicted octanol–water partition coefficient (Wildman–Crippen LogP) is 5.03. The molecule has 0 radical (unpaired) electrons. The van der Waals surface area contributed by atoms with Crippen LogP contribution in [0.1, 0.15) is 85.5 Å². The van der Waals surface area contributed by atoms with Gasteiger partial charge in [0, 0.05) is 24.3 Å². The van der Waals surface area contributed by atoms with Gasteiger partial charge in [0.15, 0.2) is 0 Å². The molecule has 202 valence electrons. The van der Waals surface area contributed by atoms with E-state index in [1.54, 1.807) is 18.2 Å². The van der Waals surface area contributed by atoms with Crippen LogP contribution in [0, 0.1) is 46.8 Å². The first kappa shape index (κ1) is 30.1. The van der Waals surface area contributed by atoms with Crippen LogP contribution in [0.4, 0.5) is 0 Å². The van der Waals surface area contributed by atoms with E-state index in [1.165, 1.54) is 0 Å². The SMILES string of the molecule is CC1CC(C)CC(C)C(O)CC(C#N)=CC=CC(C2CCCC2CC(=O)O)OC(=O)CC(O)C(C)C1. The minimum absolute atomic E-state index is 0.0197. The summed E-state index contributed by atoms with van der Waals surface area (Å²) in [4.78, 5) is 24.2. The van der Waals surface area contributed by atoms with Crippen LogP contribution in [0.2, 0.25) is 0 Å². The molecule has 9 unspecified atom stereocenters. The van der Waals surface area contributed by atoms with Gasteiger partial charge in [-0.25, -0.2) is 0 Å². The number of nitriles is 1. The number of carboxylic acids is 1. The first-order chi connectivity index (χ1) is 17.0. The van der Waals surface area contributed by atoms with Gasteiger partial charge in [-0.2, -0.15) is 5.26 Å². The molecule has 0 aromatic heterocycles. The standard InChI is InChI=1S/C29H45NO6/c1-18-11-19(2)13-21(4)26(32)16-29(35)36-27(24-9-6-8-23(24)15-28(33)34)10-5-7-22(17-30)14-25(31)20(3)12-18/h5,7,10,18-21,23-27,31-32H,6,8-9,11-16H2,1-4H3,(H,33,34). The number of aliphatic hydroxyl groups is 2. The Labute approximate surface area is 216 Å². The number of carbonyl (C=O) groups is 2. The van der Waals surface area contributed by atoms with Crippen molar-refractivity contribution in [3.8, 4) is 6.07 Å². The average Bonchev–Trinajstić information content (AvgIpc) is 3.23.